The summed E-state index contributed by atoms with van der Waals surface area (Å²) in [6.07, 6.45) is 0.454. The van der Waals surface area contributed by atoms with Gasteiger partial charge in [-0.05, 0) is 12.0 Å². The van der Waals surface area contributed by atoms with E-state index in [9.17, 15) is 10.2 Å². The molecule has 18 heavy (non-hydrogen) atoms. The molecule has 1 heterocycles. The van der Waals surface area contributed by atoms with Gasteiger partial charge in [-0.25, -0.2) is 0 Å². The number of aliphatic hydroxyl groups is 2. The van der Waals surface area contributed by atoms with Crippen molar-refractivity contribution in [3.05, 3.63) is 42.1 Å². The highest BCUT2D eigenvalue weighted by Crippen LogP contribution is 2.24. The topological polar surface area (TPSA) is 66.5 Å². The lowest BCUT2D eigenvalue weighted by molar-refractivity contribution is 0.0174. The lowest BCUT2D eigenvalue weighted by Crippen LogP contribution is -2.18. The first-order chi connectivity index (χ1) is 8.72. The van der Waals surface area contributed by atoms with Crippen LogP contribution in [0.5, 0.6) is 0 Å². The molecular formula is C13H14BrNO3. The van der Waals surface area contributed by atoms with Crippen LogP contribution in [-0.2, 0) is 0 Å². The number of aliphatic hydroxyl groups excluding tert-OH is 2. The molecule has 2 atom stereocenters. The van der Waals surface area contributed by atoms with Crippen LogP contribution in [0.25, 0.3) is 11.3 Å². The Hall–Kier alpha value is -1.17. The molecule has 2 aromatic rings. The third-order valence-corrected chi connectivity index (χ3v) is 3.20. The smallest absolute Gasteiger partial charge is 0.166 e. The van der Waals surface area contributed by atoms with E-state index in [4.69, 9.17) is 4.52 Å². The van der Waals surface area contributed by atoms with E-state index in [0.29, 0.717) is 23.1 Å². The maximum atomic E-state index is 9.93. The molecule has 5 heteroatoms. The van der Waals surface area contributed by atoms with Gasteiger partial charge in [-0.3, -0.25) is 0 Å². The average Bonchev–Trinajstić information content (AvgIpc) is 2.92. The van der Waals surface area contributed by atoms with Crippen LogP contribution >= 0.6 is 15.9 Å². The van der Waals surface area contributed by atoms with Crippen LogP contribution < -0.4 is 0 Å². The highest BCUT2D eigenvalue weighted by atomic mass is 79.9. The van der Waals surface area contributed by atoms with Crippen molar-refractivity contribution in [2.75, 3.05) is 5.33 Å². The molecule has 4 nitrogen and oxygen atoms in total. The van der Waals surface area contributed by atoms with Crippen LogP contribution in [0, 0.1) is 0 Å². The Morgan fingerprint density at radius 1 is 1.17 bits per heavy atom. The van der Waals surface area contributed by atoms with Gasteiger partial charge in [0.15, 0.2) is 5.76 Å². The second-order valence-electron chi connectivity index (χ2n) is 3.99. The molecule has 0 fully saturated rings. The summed E-state index contributed by atoms with van der Waals surface area (Å²) in [7, 11) is 0. The Morgan fingerprint density at radius 2 is 1.89 bits per heavy atom. The van der Waals surface area contributed by atoms with Gasteiger partial charge in [0, 0.05) is 17.0 Å². The summed E-state index contributed by atoms with van der Waals surface area (Å²) in [4.78, 5) is 0. The predicted molar refractivity (Wildman–Crippen MR) is 71.3 cm³/mol. The third-order valence-electron chi connectivity index (χ3n) is 2.74. The fourth-order valence-corrected chi connectivity index (χ4v) is 2.17. The lowest BCUT2D eigenvalue weighted by atomic mass is 10.0. The average molecular weight is 312 g/mol. The van der Waals surface area contributed by atoms with Gasteiger partial charge in [0.1, 0.15) is 6.10 Å². The first kappa shape index (κ1) is 13.3. The number of rotatable bonds is 5. The molecule has 0 saturated heterocycles. The Kier molecular flexibility index (Phi) is 4.52. The second-order valence-corrected chi connectivity index (χ2v) is 4.78. The molecule has 0 aliphatic heterocycles. The summed E-state index contributed by atoms with van der Waals surface area (Å²) in [5, 5.41) is 23.9. The quantitative estimate of drug-likeness (QED) is 0.833. The Labute approximate surface area is 113 Å². The summed E-state index contributed by atoms with van der Waals surface area (Å²) < 4.78 is 5.04. The third kappa shape index (κ3) is 2.98. The van der Waals surface area contributed by atoms with E-state index in [1.807, 2.05) is 12.1 Å². The van der Waals surface area contributed by atoms with Crippen molar-refractivity contribution in [1.82, 2.24) is 5.16 Å². The molecule has 0 radical (unpaired) electrons. The number of alkyl halides is 1. The molecule has 2 N–H and O–H groups in total. The first-order valence-corrected chi connectivity index (χ1v) is 6.77. The summed E-state index contributed by atoms with van der Waals surface area (Å²) in [5.41, 5.74) is 1.57. The molecule has 1 aromatic carbocycles. The monoisotopic (exact) mass is 311 g/mol. The normalized spacial score (nSPS) is 14.4. The standard InChI is InChI=1S/C13H14BrNO3/c14-7-5-11(16)13(17)10-3-1-9(2-4-10)12-6-8-15-18-12/h1-4,6,8,11,13,16-17H,5,7H2. The predicted octanol–water partition coefficient (Wildman–Crippen LogP) is 2.52. The highest BCUT2D eigenvalue weighted by molar-refractivity contribution is 9.09. The van der Waals surface area contributed by atoms with E-state index in [1.165, 1.54) is 0 Å². The van der Waals surface area contributed by atoms with E-state index < -0.39 is 12.2 Å². The van der Waals surface area contributed by atoms with Crippen molar-refractivity contribution in [3.8, 4) is 11.3 Å². The second kappa shape index (κ2) is 6.13. The van der Waals surface area contributed by atoms with Gasteiger partial charge in [0.25, 0.3) is 0 Å². The largest absolute Gasteiger partial charge is 0.390 e. The minimum Gasteiger partial charge on any atom is -0.390 e. The molecule has 0 aliphatic rings. The van der Waals surface area contributed by atoms with Gasteiger partial charge in [0.2, 0.25) is 0 Å². The van der Waals surface area contributed by atoms with E-state index >= 15 is 0 Å². The van der Waals surface area contributed by atoms with Gasteiger partial charge in [-0.15, -0.1) is 0 Å². The first-order valence-electron chi connectivity index (χ1n) is 5.65. The van der Waals surface area contributed by atoms with E-state index in [0.717, 1.165) is 5.56 Å². The van der Waals surface area contributed by atoms with Crippen molar-refractivity contribution >= 4 is 15.9 Å². The van der Waals surface area contributed by atoms with E-state index in [1.54, 1.807) is 24.4 Å². The molecule has 2 rings (SSSR count). The summed E-state index contributed by atoms with van der Waals surface area (Å²) in [6, 6.07) is 8.99. The van der Waals surface area contributed by atoms with Crippen molar-refractivity contribution in [1.29, 1.82) is 0 Å². The number of halogens is 1. The van der Waals surface area contributed by atoms with Crippen LogP contribution in [-0.4, -0.2) is 26.8 Å². The van der Waals surface area contributed by atoms with Crippen molar-refractivity contribution in [3.63, 3.8) is 0 Å². The lowest BCUT2D eigenvalue weighted by Gasteiger charge is -2.17. The van der Waals surface area contributed by atoms with Gasteiger partial charge >= 0.3 is 0 Å². The number of hydrogen-bond acceptors (Lipinski definition) is 4. The molecular weight excluding hydrogens is 298 g/mol. The molecule has 0 aliphatic carbocycles. The molecule has 0 amide bonds. The molecule has 0 saturated carbocycles. The van der Waals surface area contributed by atoms with Crippen LogP contribution in [0.3, 0.4) is 0 Å². The van der Waals surface area contributed by atoms with Crippen LogP contribution in [0.15, 0.2) is 41.1 Å². The van der Waals surface area contributed by atoms with E-state index in [2.05, 4.69) is 21.1 Å². The number of nitrogens with zero attached hydrogens (tertiary/aromatic N) is 1. The fourth-order valence-electron chi connectivity index (χ4n) is 1.70. The SMILES string of the molecule is OC(CCBr)C(O)c1ccc(-c2ccno2)cc1. The van der Waals surface area contributed by atoms with Crippen LogP contribution in [0.4, 0.5) is 0 Å². The summed E-state index contributed by atoms with van der Waals surface area (Å²) in [5.74, 6) is 0.678. The van der Waals surface area contributed by atoms with E-state index in [-0.39, 0.29) is 0 Å². The fraction of sp³-hybridized carbons (Fsp3) is 0.308. The molecule has 2 unspecified atom stereocenters. The highest BCUT2D eigenvalue weighted by Gasteiger charge is 2.17. The minimum atomic E-state index is -0.869. The summed E-state index contributed by atoms with van der Waals surface area (Å²) >= 11 is 3.24. The Bertz CT molecular complexity index is 469. The number of hydrogen-bond donors (Lipinski definition) is 2. The van der Waals surface area contributed by atoms with Crippen molar-refractivity contribution < 1.29 is 14.7 Å². The van der Waals surface area contributed by atoms with Crippen molar-refractivity contribution in [2.45, 2.75) is 18.6 Å². The zero-order valence-electron chi connectivity index (χ0n) is 9.66. The van der Waals surface area contributed by atoms with Gasteiger partial charge in [-0.2, -0.15) is 0 Å². The Balaban J connectivity index is 2.12. The summed E-state index contributed by atoms with van der Waals surface area (Å²) in [6.45, 7) is 0. The molecule has 1 aromatic heterocycles. The van der Waals surface area contributed by atoms with Crippen LogP contribution in [0.2, 0.25) is 0 Å². The Morgan fingerprint density at radius 3 is 2.44 bits per heavy atom. The maximum absolute atomic E-state index is 9.93. The molecule has 0 bridgehead atoms. The maximum Gasteiger partial charge on any atom is 0.166 e. The molecule has 0 spiro atoms. The number of benzene rings is 1. The zero-order chi connectivity index (χ0) is 13.0. The number of aromatic nitrogens is 1. The minimum absolute atomic E-state index is 0.505. The van der Waals surface area contributed by atoms with Crippen molar-refractivity contribution in [2.24, 2.45) is 0 Å². The van der Waals surface area contributed by atoms with Gasteiger partial charge < -0.3 is 14.7 Å². The van der Waals surface area contributed by atoms with Gasteiger partial charge in [-0.1, -0.05) is 45.4 Å². The van der Waals surface area contributed by atoms with Gasteiger partial charge in [0.05, 0.1) is 12.3 Å². The molecule has 96 valence electrons. The van der Waals surface area contributed by atoms with Crippen LogP contribution in [0.1, 0.15) is 18.1 Å². The zero-order valence-corrected chi connectivity index (χ0v) is 11.2.